The molecule has 2 atom stereocenters. The molecule has 1 aliphatic rings. The average Bonchev–Trinajstić information content (AvgIpc) is 2.67. The van der Waals surface area contributed by atoms with Crippen molar-refractivity contribution in [1.82, 2.24) is 10.6 Å². The topological polar surface area (TPSA) is 24.1 Å². The standard InChI is InChI=1S/C11H15ClN2/c1-13-11-7-14-6-10(11)8-2-4-9(12)5-3-8/h2-5,10-11,13-14H,6-7H2,1H3. The Bertz CT molecular complexity index is 297. The Hall–Kier alpha value is -0.570. The van der Waals surface area contributed by atoms with Gasteiger partial charge >= 0.3 is 0 Å². The molecule has 0 saturated carbocycles. The summed E-state index contributed by atoms with van der Waals surface area (Å²) in [6, 6.07) is 8.69. The van der Waals surface area contributed by atoms with Crippen LogP contribution in [0.25, 0.3) is 0 Å². The third kappa shape index (κ3) is 1.92. The summed E-state index contributed by atoms with van der Waals surface area (Å²) in [5.74, 6) is 0.567. The third-order valence-electron chi connectivity index (χ3n) is 2.88. The van der Waals surface area contributed by atoms with Gasteiger partial charge in [-0.15, -0.1) is 0 Å². The SMILES string of the molecule is CNC1CNCC1c1ccc(Cl)cc1. The van der Waals surface area contributed by atoms with Crippen LogP contribution in [-0.4, -0.2) is 26.2 Å². The maximum atomic E-state index is 5.86. The highest BCUT2D eigenvalue weighted by molar-refractivity contribution is 6.30. The molecule has 0 spiro atoms. The highest BCUT2D eigenvalue weighted by Crippen LogP contribution is 2.23. The summed E-state index contributed by atoms with van der Waals surface area (Å²) in [5, 5.41) is 7.53. The molecule has 14 heavy (non-hydrogen) atoms. The van der Waals surface area contributed by atoms with Gasteiger partial charge in [0.1, 0.15) is 0 Å². The molecule has 0 aromatic heterocycles. The monoisotopic (exact) mass is 210 g/mol. The molecule has 0 aliphatic carbocycles. The summed E-state index contributed by atoms with van der Waals surface area (Å²) in [6.07, 6.45) is 0. The lowest BCUT2D eigenvalue weighted by molar-refractivity contribution is 0.553. The van der Waals surface area contributed by atoms with Crippen molar-refractivity contribution in [2.24, 2.45) is 0 Å². The number of benzene rings is 1. The summed E-state index contributed by atoms with van der Waals surface area (Å²) in [5.41, 5.74) is 1.36. The second-order valence-electron chi connectivity index (χ2n) is 3.71. The van der Waals surface area contributed by atoms with Crippen LogP contribution in [-0.2, 0) is 0 Å². The fourth-order valence-corrected chi connectivity index (χ4v) is 2.17. The minimum Gasteiger partial charge on any atom is -0.315 e. The zero-order valence-corrected chi connectivity index (χ0v) is 9.01. The van der Waals surface area contributed by atoms with Crippen molar-refractivity contribution >= 4 is 11.6 Å². The van der Waals surface area contributed by atoms with Crippen LogP contribution < -0.4 is 10.6 Å². The maximum Gasteiger partial charge on any atom is 0.0406 e. The van der Waals surface area contributed by atoms with Crippen molar-refractivity contribution in [3.63, 3.8) is 0 Å². The summed E-state index contributed by atoms with van der Waals surface area (Å²) in [4.78, 5) is 0. The fourth-order valence-electron chi connectivity index (χ4n) is 2.04. The minimum absolute atomic E-state index is 0.538. The molecule has 1 fully saturated rings. The van der Waals surface area contributed by atoms with Crippen molar-refractivity contribution in [3.05, 3.63) is 34.9 Å². The van der Waals surface area contributed by atoms with Crippen molar-refractivity contribution in [1.29, 1.82) is 0 Å². The Kier molecular flexibility index (Phi) is 3.06. The number of halogens is 1. The lowest BCUT2D eigenvalue weighted by Gasteiger charge is -2.17. The molecule has 2 rings (SSSR count). The van der Waals surface area contributed by atoms with Gasteiger partial charge in [0.25, 0.3) is 0 Å². The van der Waals surface area contributed by atoms with Gasteiger partial charge in [-0.25, -0.2) is 0 Å². The maximum absolute atomic E-state index is 5.86. The van der Waals surface area contributed by atoms with Gasteiger partial charge < -0.3 is 10.6 Å². The lowest BCUT2D eigenvalue weighted by atomic mass is 9.94. The molecule has 1 heterocycles. The van der Waals surface area contributed by atoms with Gasteiger partial charge in [0.15, 0.2) is 0 Å². The molecule has 0 amide bonds. The van der Waals surface area contributed by atoms with E-state index in [9.17, 15) is 0 Å². The Morgan fingerprint density at radius 1 is 1.29 bits per heavy atom. The summed E-state index contributed by atoms with van der Waals surface area (Å²) in [6.45, 7) is 2.09. The number of nitrogens with one attached hydrogen (secondary N) is 2. The van der Waals surface area contributed by atoms with Crippen LogP contribution in [0, 0.1) is 0 Å². The van der Waals surface area contributed by atoms with Crippen LogP contribution in [0.3, 0.4) is 0 Å². The Labute approximate surface area is 89.7 Å². The van der Waals surface area contributed by atoms with Crippen LogP contribution in [0.15, 0.2) is 24.3 Å². The van der Waals surface area contributed by atoms with Crippen LogP contribution in [0.4, 0.5) is 0 Å². The van der Waals surface area contributed by atoms with Crippen molar-refractivity contribution in [3.8, 4) is 0 Å². The van der Waals surface area contributed by atoms with E-state index in [4.69, 9.17) is 11.6 Å². The summed E-state index contributed by atoms with van der Waals surface area (Å²) < 4.78 is 0. The second kappa shape index (κ2) is 4.30. The van der Waals surface area contributed by atoms with E-state index in [1.54, 1.807) is 0 Å². The van der Waals surface area contributed by atoms with E-state index in [1.165, 1.54) is 5.56 Å². The third-order valence-corrected chi connectivity index (χ3v) is 3.14. The number of rotatable bonds is 2. The van der Waals surface area contributed by atoms with Gasteiger partial charge in [-0.2, -0.15) is 0 Å². The van der Waals surface area contributed by atoms with Gasteiger partial charge in [-0.1, -0.05) is 23.7 Å². The van der Waals surface area contributed by atoms with Gasteiger partial charge in [0.05, 0.1) is 0 Å². The molecular weight excluding hydrogens is 196 g/mol. The molecule has 3 heteroatoms. The Morgan fingerprint density at radius 2 is 2.00 bits per heavy atom. The highest BCUT2D eigenvalue weighted by atomic mass is 35.5. The summed E-state index contributed by atoms with van der Waals surface area (Å²) in [7, 11) is 2.01. The van der Waals surface area contributed by atoms with Gasteiger partial charge in [0.2, 0.25) is 0 Å². The van der Waals surface area contributed by atoms with Crippen molar-refractivity contribution < 1.29 is 0 Å². The molecule has 1 aliphatic heterocycles. The largest absolute Gasteiger partial charge is 0.315 e. The molecule has 2 unspecified atom stereocenters. The molecule has 2 N–H and O–H groups in total. The number of likely N-dealkylation sites (N-methyl/N-ethyl adjacent to an activating group) is 1. The first-order valence-corrected chi connectivity index (χ1v) is 5.32. The van der Waals surface area contributed by atoms with E-state index < -0.39 is 0 Å². The van der Waals surface area contributed by atoms with E-state index in [0.717, 1.165) is 18.1 Å². The highest BCUT2D eigenvalue weighted by Gasteiger charge is 2.26. The van der Waals surface area contributed by atoms with Gasteiger partial charge in [-0.05, 0) is 24.7 Å². The molecule has 2 nitrogen and oxygen atoms in total. The molecular formula is C11H15ClN2. The van der Waals surface area contributed by atoms with Crippen molar-refractivity contribution in [2.75, 3.05) is 20.1 Å². The van der Waals surface area contributed by atoms with E-state index in [0.29, 0.717) is 12.0 Å². The first-order chi connectivity index (χ1) is 6.81. The second-order valence-corrected chi connectivity index (χ2v) is 4.15. The van der Waals surface area contributed by atoms with E-state index >= 15 is 0 Å². The molecule has 1 aromatic carbocycles. The Balaban J connectivity index is 2.17. The average molecular weight is 211 g/mol. The summed E-state index contributed by atoms with van der Waals surface area (Å²) >= 11 is 5.86. The first kappa shape index (κ1) is 9.97. The number of hydrogen-bond acceptors (Lipinski definition) is 2. The van der Waals surface area contributed by atoms with Gasteiger partial charge in [-0.3, -0.25) is 0 Å². The molecule has 76 valence electrons. The van der Waals surface area contributed by atoms with E-state index in [-0.39, 0.29) is 0 Å². The van der Waals surface area contributed by atoms with Crippen LogP contribution in [0.5, 0.6) is 0 Å². The number of hydrogen-bond donors (Lipinski definition) is 2. The lowest BCUT2D eigenvalue weighted by Crippen LogP contribution is -2.31. The zero-order valence-electron chi connectivity index (χ0n) is 8.26. The molecule has 1 aromatic rings. The normalized spacial score (nSPS) is 26.7. The predicted octanol–water partition coefficient (Wildman–Crippen LogP) is 1.61. The van der Waals surface area contributed by atoms with E-state index in [1.807, 2.05) is 19.2 Å². The zero-order chi connectivity index (χ0) is 9.97. The minimum atomic E-state index is 0.538. The van der Waals surface area contributed by atoms with E-state index in [2.05, 4.69) is 22.8 Å². The van der Waals surface area contributed by atoms with Crippen LogP contribution in [0.2, 0.25) is 5.02 Å². The van der Waals surface area contributed by atoms with Gasteiger partial charge in [0, 0.05) is 30.1 Å². The quantitative estimate of drug-likeness (QED) is 0.775. The predicted molar refractivity (Wildman–Crippen MR) is 59.9 cm³/mol. The fraction of sp³-hybridized carbons (Fsp3) is 0.455. The first-order valence-electron chi connectivity index (χ1n) is 4.94. The molecule has 0 radical (unpaired) electrons. The van der Waals surface area contributed by atoms with Crippen LogP contribution in [0.1, 0.15) is 11.5 Å². The smallest absolute Gasteiger partial charge is 0.0406 e. The molecule has 0 bridgehead atoms. The van der Waals surface area contributed by atoms with Crippen LogP contribution >= 0.6 is 11.6 Å². The van der Waals surface area contributed by atoms with Crippen molar-refractivity contribution in [2.45, 2.75) is 12.0 Å². The Morgan fingerprint density at radius 3 is 2.64 bits per heavy atom. The molecule has 1 saturated heterocycles.